The Morgan fingerprint density at radius 2 is 1.78 bits per heavy atom. The van der Waals surface area contributed by atoms with E-state index in [1.807, 2.05) is 0 Å². The zero-order chi connectivity index (χ0) is 20.0. The molecule has 1 N–H and O–H groups in total. The van der Waals surface area contributed by atoms with Crippen LogP contribution in [0.3, 0.4) is 0 Å². The summed E-state index contributed by atoms with van der Waals surface area (Å²) in [6, 6.07) is 0. The highest BCUT2D eigenvalue weighted by Crippen LogP contribution is 2.34. The highest BCUT2D eigenvalue weighted by molar-refractivity contribution is 7.20. The van der Waals surface area contributed by atoms with E-state index in [9.17, 15) is 14.4 Å². The van der Waals surface area contributed by atoms with Crippen LogP contribution in [0.25, 0.3) is 10.2 Å². The van der Waals surface area contributed by atoms with Gasteiger partial charge in [0.15, 0.2) is 0 Å². The van der Waals surface area contributed by atoms with Crippen molar-refractivity contribution in [3.63, 3.8) is 0 Å². The van der Waals surface area contributed by atoms with Crippen molar-refractivity contribution in [2.45, 2.75) is 27.2 Å². The molecule has 9 nitrogen and oxygen atoms in total. The van der Waals surface area contributed by atoms with Crippen LogP contribution in [0.1, 0.15) is 34.9 Å². The fourth-order valence-corrected chi connectivity index (χ4v) is 3.44. The van der Waals surface area contributed by atoms with Crippen molar-refractivity contribution >= 4 is 45.3 Å². The van der Waals surface area contributed by atoms with Gasteiger partial charge in [0.05, 0.1) is 25.7 Å². The first-order chi connectivity index (χ1) is 12.9. The molecule has 0 amide bonds. The molecule has 10 heteroatoms. The van der Waals surface area contributed by atoms with Crippen LogP contribution in [0.2, 0.25) is 0 Å². The average Bonchev–Trinajstić information content (AvgIpc) is 2.97. The van der Waals surface area contributed by atoms with E-state index in [4.69, 9.17) is 9.47 Å². The van der Waals surface area contributed by atoms with E-state index in [2.05, 4.69) is 20.0 Å². The maximum atomic E-state index is 12.2. The van der Waals surface area contributed by atoms with Crippen molar-refractivity contribution in [2.24, 2.45) is 0 Å². The molecule has 0 saturated carbocycles. The quantitative estimate of drug-likeness (QED) is 0.528. The number of carbonyl (C=O) groups is 3. The maximum absolute atomic E-state index is 12.2. The zero-order valence-electron chi connectivity index (χ0n) is 15.6. The van der Waals surface area contributed by atoms with E-state index >= 15 is 0 Å². The molecule has 0 unspecified atom stereocenters. The second-order valence-corrected chi connectivity index (χ2v) is 6.36. The second-order valence-electron chi connectivity index (χ2n) is 5.36. The number of aromatic nitrogens is 2. The number of ether oxygens (including phenoxy) is 3. The van der Waals surface area contributed by atoms with E-state index in [1.165, 1.54) is 7.11 Å². The Balaban J connectivity index is 2.48. The summed E-state index contributed by atoms with van der Waals surface area (Å²) in [4.78, 5) is 45.0. The lowest BCUT2D eigenvalue weighted by molar-refractivity contribution is -0.141. The van der Waals surface area contributed by atoms with Gasteiger partial charge >= 0.3 is 17.9 Å². The number of anilines is 1. The Labute approximate surface area is 160 Å². The minimum atomic E-state index is -0.496. The lowest BCUT2D eigenvalue weighted by Crippen LogP contribution is -2.18. The molecule has 0 aromatic carbocycles. The lowest BCUT2D eigenvalue weighted by atomic mass is 10.2. The van der Waals surface area contributed by atoms with E-state index < -0.39 is 17.9 Å². The van der Waals surface area contributed by atoms with Crippen LogP contribution < -0.4 is 5.32 Å². The molecule has 0 atom stereocenters. The van der Waals surface area contributed by atoms with Gasteiger partial charge in [-0.25, -0.2) is 14.8 Å². The molecule has 2 heterocycles. The van der Waals surface area contributed by atoms with E-state index in [0.717, 1.165) is 11.3 Å². The molecule has 0 bridgehead atoms. The number of aryl methyl sites for hydroxylation is 1. The molecule has 0 aliphatic heterocycles. The SMILES string of the molecule is CCOC(=O)CNc1nc(CC(=O)OC)nc2sc(C(=O)OCC)c(C)c12. The smallest absolute Gasteiger partial charge is 0.348 e. The number of hydrogen-bond acceptors (Lipinski definition) is 10. The van der Waals surface area contributed by atoms with Crippen LogP contribution in [-0.4, -0.2) is 54.7 Å². The molecular weight excluding hydrogens is 374 g/mol. The van der Waals surface area contributed by atoms with Crippen molar-refractivity contribution in [1.29, 1.82) is 0 Å². The predicted molar refractivity (Wildman–Crippen MR) is 99.0 cm³/mol. The predicted octanol–water partition coefficient (Wildman–Crippen LogP) is 1.87. The molecule has 0 aliphatic carbocycles. The van der Waals surface area contributed by atoms with Gasteiger partial charge in [-0.15, -0.1) is 11.3 Å². The number of thiophene rings is 1. The highest BCUT2D eigenvalue weighted by atomic mass is 32.1. The lowest BCUT2D eigenvalue weighted by Gasteiger charge is -2.09. The molecule has 0 aliphatic rings. The van der Waals surface area contributed by atoms with Crippen molar-refractivity contribution in [2.75, 3.05) is 32.2 Å². The second kappa shape index (κ2) is 9.26. The average molecular weight is 395 g/mol. The van der Waals surface area contributed by atoms with Crippen molar-refractivity contribution < 1.29 is 28.6 Å². The van der Waals surface area contributed by atoms with Gasteiger partial charge in [0.2, 0.25) is 0 Å². The van der Waals surface area contributed by atoms with Gasteiger partial charge in [-0.2, -0.15) is 0 Å². The standard InChI is InChI=1S/C17H21N3O6S/c1-5-25-12(22)8-18-15-13-9(3)14(17(23)26-6-2)27-16(13)20-10(19-15)7-11(21)24-4/h5-8H2,1-4H3,(H,18,19,20). The zero-order valence-corrected chi connectivity index (χ0v) is 16.4. The molecule has 2 rings (SSSR count). The fraction of sp³-hybridized carbons (Fsp3) is 0.471. The Hall–Kier alpha value is -2.75. The van der Waals surface area contributed by atoms with E-state index in [-0.39, 0.29) is 32.0 Å². The van der Waals surface area contributed by atoms with E-state index in [1.54, 1.807) is 20.8 Å². The number of carbonyl (C=O) groups excluding carboxylic acids is 3. The summed E-state index contributed by atoms with van der Waals surface area (Å²) in [5.41, 5.74) is 0.643. The first kappa shape index (κ1) is 20.6. The Morgan fingerprint density at radius 1 is 1.07 bits per heavy atom. The Morgan fingerprint density at radius 3 is 2.41 bits per heavy atom. The minimum absolute atomic E-state index is 0.109. The largest absolute Gasteiger partial charge is 0.469 e. The summed E-state index contributed by atoms with van der Waals surface area (Å²) >= 11 is 1.15. The van der Waals surface area contributed by atoms with Gasteiger partial charge < -0.3 is 19.5 Å². The van der Waals surface area contributed by atoms with Crippen LogP contribution in [0.5, 0.6) is 0 Å². The van der Waals surface area contributed by atoms with Crippen LogP contribution in [0.15, 0.2) is 0 Å². The van der Waals surface area contributed by atoms with Crippen molar-refractivity contribution in [3.05, 3.63) is 16.3 Å². The third-order valence-electron chi connectivity index (χ3n) is 3.53. The number of hydrogen-bond donors (Lipinski definition) is 1. The molecule has 0 saturated heterocycles. The minimum Gasteiger partial charge on any atom is -0.469 e. The van der Waals surface area contributed by atoms with Crippen LogP contribution in [-0.2, 0) is 30.2 Å². The fourth-order valence-electron chi connectivity index (χ4n) is 2.35. The molecular formula is C17H21N3O6S. The van der Waals surface area contributed by atoms with Gasteiger partial charge in [0, 0.05) is 0 Å². The van der Waals surface area contributed by atoms with Crippen molar-refractivity contribution in [1.82, 2.24) is 9.97 Å². The van der Waals surface area contributed by atoms with Crippen LogP contribution in [0, 0.1) is 6.92 Å². The van der Waals surface area contributed by atoms with Gasteiger partial charge in [-0.05, 0) is 26.3 Å². The van der Waals surface area contributed by atoms with Gasteiger partial charge in [-0.3, -0.25) is 9.59 Å². The molecule has 0 radical (unpaired) electrons. The Bertz CT molecular complexity index is 864. The summed E-state index contributed by atoms with van der Waals surface area (Å²) in [6.45, 7) is 5.59. The molecule has 0 spiro atoms. The number of fused-ring (bicyclic) bond motifs is 1. The van der Waals surface area contributed by atoms with Crippen LogP contribution in [0.4, 0.5) is 5.82 Å². The third-order valence-corrected chi connectivity index (χ3v) is 4.70. The van der Waals surface area contributed by atoms with Crippen LogP contribution >= 0.6 is 11.3 Å². The highest BCUT2D eigenvalue weighted by Gasteiger charge is 2.22. The number of nitrogens with one attached hydrogen (secondary N) is 1. The summed E-state index contributed by atoms with van der Waals surface area (Å²) in [7, 11) is 1.27. The van der Waals surface area contributed by atoms with Gasteiger partial charge in [0.1, 0.15) is 34.3 Å². The summed E-state index contributed by atoms with van der Waals surface area (Å²) in [5.74, 6) is -0.834. The van der Waals surface area contributed by atoms with Crippen molar-refractivity contribution in [3.8, 4) is 0 Å². The molecule has 146 valence electrons. The maximum Gasteiger partial charge on any atom is 0.348 e. The van der Waals surface area contributed by atoms with Gasteiger partial charge in [0.25, 0.3) is 0 Å². The topological polar surface area (TPSA) is 117 Å². The summed E-state index contributed by atoms with van der Waals surface area (Å²) < 4.78 is 14.6. The normalized spacial score (nSPS) is 10.5. The molecule has 2 aromatic heterocycles. The van der Waals surface area contributed by atoms with Gasteiger partial charge in [-0.1, -0.05) is 0 Å². The molecule has 27 heavy (non-hydrogen) atoms. The monoisotopic (exact) mass is 395 g/mol. The number of methoxy groups -OCH3 is 1. The molecule has 0 fully saturated rings. The number of nitrogens with zero attached hydrogens (tertiary/aromatic N) is 2. The Kier molecular flexibility index (Phi) is 7.05. The van der Waals surface area contributed by atoms with E-state index in [0.29, 0.717) is 26.5 Å². The summed E-state index contributed by atoms with van der Waals surface area (Å²) in [6.07, 6.45) is -0.133. The molecule has 2 aromatic rings. The number of rotatable bonds is 8. The summed E-state index contributed by atoms with van der Waals surface area (Å²) in [5, 5.41) is 3.50. The first-order valence-electron chi connectivity index (χ1n) is 8.34. The first-order valence-corrected chi connectivity index (χ1v) is 9.16. The third kappa shape index (κ3) is 4.91. The number of esters is 3.